The third-order valence-corrected chi connectivity index (χ3v) is 11.6. The molecular weight excluding hydrogens is 491 g/mol. The van der Waals surface area contributed by atoms with E-state index in [4.69, 9.17) is 4.18 Å². The molecule has 0 heterocycles. The van der Waals surface area contributed by atoms with Crippen LogP contribution in [0.25, 0.3) is 0 Å². The zero-order valence-electron chi connectivity index (χ0n) is 22.7. The molecule has 4 rings (SSSR count). The van der Waals surface area contributed by atoms with Gasteiger partial charge in [-0.25, -0.2) is 8.42 Å². The first-order valence-corrected chi connectivity index (χ1v) is 14.9. The van der Waals surface area contributed by atoms with Crippen molar-refractivity contribution >= 4 is 16.2 Å². The molecule has 4 saturated carbocycles. The molecule has 4 aliphatic carbocycles. The Morgan fingerprint density at radius 2 is 1.71 bits per heavy atom. The Hall–Kier alpha value is 1.14. The largest absolute Gasteiger partial charge is 1.00 e. The molecule has 0 radical (unpaired) electrons. The van der Waals surface area contributed by atoms with Crippen molar-refractivity contribution in [1.82, 2.24) is 0 Å². The summed E-state index contributed by atoms with van der Waals surface area (Å²) < 4.78 is 38.4. The summed E-state index contributed by atoms with van der Waals surface area (Å²) in [4.78, 5) is 12.2. The molecule has 0 aromatic carbocycles. The molecule has 0 aromatic rings. The molecule has 6 nitrogen and oxygen atoms in total. The predicted molar refractivity (Wildman–Crippen MR) is 129 cm³/mol. The maximum atomic E-state index is 12.2. The van der Waals surface area contributed by atoms with Gasteiger partial charge in [0.25, 0.3) is 0 Å². The van der Waals surface area contributed by atoms with Gasteiger partial charge in [0, 0.05) is 12.8 Å². The van der Waals surface area contributed by atoms with Crippen LogP contribution < -0.4 is 51.4 Å². The topological polar surface area (TPSA) is 104 Å². The minimum atomic E-state index is -4.70. The number of hydrogen-bond acceptors (Lipinski definition) is 6. The molecular formula is C27H45KO6S. The number of fused-ring (bicyclic) bond motifs is 5. The van der Waals surface area contributed by atoms with Crippen LogP contribution in [-0.4, -0.2) is 36.1 Å². The first kappa shape index (κ1) is 30.7. The summed E-state index contributed by atoms with van der Waals surface area (Å²) in [6.07, 6.45) is 8.20. The number of aliphatic hydroxyl groups is 1. The van der Waals surface area contributed by atoms with Gasteiger partial charge in [-0.2, -0.15) is 0 Å². The average Bonchev–Trinajstić information content (AvgIpc) is 3.08. The SMILES string of the molecule is CC(C)[C@@H](CC[C@H](C)C1CCC2C3C(CC[C@@]21C)[C@@]1(C)CCC(=O)CC1C[C@@H]3O)OS(=O)(=O)[O-].[K+]. The van der Waals surface area contributed by atoms with Crippen molar-refractivity contribution < 1.29 is 78.4 Å². The van der Waals surface area contributed by atoms with Gasteiger partial charge in [-0.05, 0) is 104 Å². The van der Waals surface area contributed by atoms with Gasteiger partial charge in [-0.1, -0.05) is 34.6 Å². The zero-order chi connectivity index (χ0) is 25.1. The van der Waals surface area contributed by atoms with E-state index in [0.717, 1.165) is 44.9 Å². The molecule has 0 aliphatic heterocycles. The van der Waals surface area contributed by atoms with Crippen LogP contribution in [0.1, 0.15) is 98.8 Å². The summed E-state index contributed by atoms with van der Waals surface area (Å²) in [5.74, 6) is 2.93. The molecule has 0 aromatic heterocycles. The molecule has 8 heteroatoms. The number of hydrogen-bond donors (Lipinski definition) is 1. The summed E-state index contributed by atoms with van der Waals surface area (Å²) in [5.41, 5.74) is 0.350. The maximum absolute atomic E-state index is 12.2. The molecule has 196 valence electrons. The van der Waals surface area contributed by atoms with Crippen molar-refractivity contribution in [1.29, 1.82) is 0 Å². The first-order chi connectivity index (χ1) is 15.8. The Morgan fingerprint density at radius 3 is 2.34 bits per heavy atom. The number of Topliss-reactive ketones (excluding diaryl/α,β-unsaturated/α-hetero) is 1. The molecule has 1 N–H and O–H groups in total. The Morgan fingerprint density at radius 1 is 1.06 bits per heavy atom. The minimum absolute atomic E-state index is 0. The fourth-order valence-electron chi connectivity index (χ4n) is 9.26. The van der Waals surface area contributed by atoms with Gasteiger partial charge in [0.05, 0.1) is 12.2 Å². The van der Waals surface area contributed by atoms with Gasteiger partial charge in [0.15, 0.2) is 0 Å². The molecule has 5 unspecified atom stereocenters. The number of carbonyl (C=O) groups excluding carboxylic acids is 1. The van der Waals surface area contributed by atoms with E-state index < -0.39 is 16.5 Å². The fourth-order valence-corrected chi connectivity index (χ4v) is 9.88. The quantitative estimate of drug-likeness (QED) is 0.304. The smallest absolute Gasteiger partial charge is 0.726 e. The van der Waals surface area contributed by atoms with Gasteiger partial charge in [0.2, 0.25) is 10.4 Å². The maximum Gasteiger partial charge on any atom is 1.00 e. The predicted octanol–water partition coefficient (Wildman–Crippen LogP) is 2.11. The fraction of sp³-hybridized carbons (Fsp3) is 0.963. The summed E-state index contributed by atoms with van der Waals surface area (Å²) in [5, 5.41) is 11.4. The van der Waals surface area contributed by atoms with Crippen LogP contribution in [0.2, 0.25) is 0 Å². The molecule has 10 atom stereocenters. The Labute approximate surface area is 255 Å². The molecule has 0 spiro atoms. The van der Waals surface area contributed by atoms with Crippen molar-refractivity contribution in [2.24, 2.45) is 52.3 Å². The summed E-state index contributed by atoms with van der Waals surface area (Å²) in [7, 11) is -4.70. The van der Waals surface area contributed by atoms with Crippen LogP contribution in [-0.2, 0) is 19.4 Å². The van der Waals surface area contributed by atoms with Gasteiger partial charge >= 0.3 is 51.4 Å². The minimum Gasteiger partial charge on any atom is -0.726 e. The van der Waals surface area contributed by atoms with Gasteiger partial charge in [0.1, 0.15) is 5.78 Å². The second kappa shape index (κ2) is 11.3. The Kier molecular flexibility index (Phi) is 9.92. The van der Waals surface area contributed by atoms with Crippen molar-refractivity contribution in [2.45, 2.75) is 111 Å². The second-order valence-electron chi connectivity index (χ2n) is 13.1. The molecule has 4 fully saturated rings. The molecule has 4 aliphatic rings. The van der Waals surface area contributed by atoms with Crippen LogP contribution in [0.5, 0.6) is 0 Å². The van der Waals surface area contributed by atoms with Crippen molar-refractivity contribution in [3.8, 4) is 0 Å². The monoisotopic (exact) mass is 536 g/mol. The van der Waals surface area contributed by atoms with E-state index in [1.165, 1.54) is 0 Å². The summed E-state index contributed by atoms with van der Waals surface area (Å²) in [6, 6.07) is 0. The van der Waals surface area contributed by atoms with Crippen LogP contribution in [0.3, 0.4) is 0 Å². The third-order valence-electron chi connectivity index (χ3n) is 11.2. The van der Waals surface area contributed by atoms with E-state index >= 15 is 0 Å². The van der Waals surface area contributed by atoms with Crippen LogP contribution in [0.15, 0.2) is 0 Å². The number of ketones is 1. The number of rotatable bonds is 7. The van der Waals surface area contributed by atoms with E-state index in [1.807, 2.05) is 13.8 Å². The molecule has 0 bridgehead atoms. The van der Waals surface area contributed by atoms with Crippen molar-refractivity contribution in [3.63, 3.8) is 0 Å². The normalized spacial score (nSPS) is 43.0. The molecule has 0 amide bonds. The molecule has 35 heavy (non-hydrogen) atoms. The van der Waals surface area contributed by atoms with E-state index in [-0.39, 0.29) is 74.2 Å². The zero-order valence-corrected chi connectivity index (χ0v) is 26.6. The average molecular weight is 537 g/mol. The first-order valence-electron chi connectivity index (χ1n) is 13.6. The van der Waals surface area contributed by atoms with E-state index in [0.29, 0.717) is 60.6 Å². The summed E-state index contributed by atoms with van der Waals surface area (Å²) in [6.45, 7) is 10.9. The Balaban J connectivity index is 0.00000342. The number of aliphatic hydroxyl groups excluding tert-OH is 1. The van der Waals surface area contributed by atoms with Crippen LogP contribution >= 0.6 is 0 Å². The van der Waals surface area contributed by atoms with E-state index in [2.05, 4.69) is 20.8 Å². The summed E-state index contributed by atoms with van der Waals surface area (Å²) >= 11 is 0. The van der Waals surface area contributed by atoms with Gasteiger partial charge < -0.3 is 9.66 Å². The van der Waals surface area contributed by atoms with Gasteiger partial charge in [-0.15, -0.1) is 0 Å². The van der Waals surface area contributed by atoms with E-state index in [9.17, 15) is 22.9 Å². The van der Waals surface area contributed by atoms with Crippen molar-refractivity contribution in [3.05, 3.63) is 0 Å². The van der Waals surface area contributed by atoms with Crippen LogP contribution in [0.4, 0.5) is 0 Å². The second-order valence-corrected chi connectivity index (χ2v) is 14.1. The van der Waals surface area contributed by atoms with E-state index in [1.54, 1.807) is 0 Å². The van der Waals surface area contributed by atoms with Crippen LogP contribution in [0, 0.1) is 52.3 Å². The molecule has 0 saturated heterocycles. The van der Waals surface area contributed by atoms with Gasteiger partial charge in [-0.3, -0.25) is 8.98 Å². The third kappa shape index (κ3) is 6.01. The van der Waals surface area contributed by atoms with Crippen molar-refractivity contribution in [2.75, 3.05) is 0 Å². The Bertz CT molecular complexity index is 877. The number of carbonyl (C=O) groups is 1. The standard InChI is InChI=1S/C27H46O6S.K/c1-16(2)24(33-34(30,31)32)9-6-17(3)20-7-8-21-25-22(11-13-27(20,21)5)26(4)12-10-19(28)14-18(26)15-23(25)29;/h16-18,20-25,29H,6-15H2,1-5H3,(H,30,31,32);/q;+1/p-1/t17-,18?,20?,21?,22?,23-,24+,25?,26-,27+;/m0./s1.